The van der Waals surface area contributed by atoms with Gasteiger partial charge in [-0.1, -0.05) is 6.92 Å². The lowest BCUT2D eigenvalue weighted by molar-refractivity contribution is 0.0599. The molecule has 18 heavy (non-hydrogen) atoms. The van der Waals surface area contributed by atoms with E-state index in [1.807, 2.05) is 11.8 Å². The van der Waals surface area contributed by atoms with Crippen molar-refractivity contribution >= 4 is 17.7 Å². The number of methoxy groups -OCH3 is 1. The summed E-state index contributed by atoms with van der Waals surface area (Å²) in [6.07, 6.45) is 3.17. The van der Waals surface area contributed by atoms with Crippen molar-refractivity contribution in [1.29, 1.82) is 0 Å². The lowest BCUT2D eigenvalue weighted by Crippen LogP contribution is -2.29. The summed E-state index contributed by atoms with van der Waals surface area (Å²) in [5, 5.41) is 3.42. The van der Waals surface area contributed by atoms with Crippen LogP contribution < -0.4 is 5.32 Å². The highest BCUT2D eigenvalue weighted by Gasteiger charge is 2.15. The first kappa shape index (κ1) is 15.1. The van der Waals surface area contributed by atoms with E-state index in [1.54, 1.807) is 13.0 Å². The number of furan rings is 1. The van der Waals surface area contributed by atoms with Crippen molar-refractivity contribution in [3.8, 4) is 0 Å². The van der Waals surface area contributed by atoms with Crippen molar-refractivity contribution in [2.75, 3.05) is 19.1 Å². The largest absolute Gasteiger partial charge is 0.465 e. The van der Waals surface area contributed by atoms with Crippen molar-refractivity contribution in [3.05, 3.63) is 23.2 Å². The number of carbonyl (C=O) groups excluding carboxylic acids is 1. The second-order valence-electron chi connectivity index (χ2n) is 4.12. The first-order chi connectivity index (χ1) is 8.62. The molecule has 0 aliphatic rings. The highest BCUT2D eigenvalue weighted by Crippen LogP contribution is 2.16. The van der Waals surface area contributed by atoms with Gasteiger partial charge in [-0.3, -0.25) is 0 Å². The number of rotatable bonds is 7. The molecule has 0 spiro atoms. The molecule has 0 aliphatic carbocycles. The second-order valence-corrected chi connectivity index (χ2v) is 5.03. The van der Waals surface area contributed by atoms with E-state index >= 15 is 0 Å². The van der Waals surface area contributed by atoms with Gasteiger partial charge in [0, 0.05) is 11.8 Å². The number of nitrogens with one attached hydrogen (secondary N) is 1. The maximum absolute atomic E-state index is 11.4. The van der Waals surface area contributed by atoms with Crippen molar-refractivity contribution < 1.29 is 13.9 Å². The molecule has 1 rings (SSSR count). The smallest absolute Gasteiger partial charge is 0.341 e. The number of carbonyl (C=O) groups is 1. The van der Waals surface area contributed by atoms with Gasteiger partial charge in [0.1, 0.15) is 17.1 Å². The number of hydrogen-bond donors (Lipinski definition) is 1. The molecular formula is C13H21NO3S. The maximum atomic E-state index is 11.4. The Bertz CT molecular complexity index is 390. The highest BCUT2D eigenvalue weighted by atomic mass is 32.2. The standard InChI is InChI=1S/C13H21NO3S/c1-5-10(8-18-4)14-7-11-6-12(9(2)17-11)13(15)16-3/h6,10,14H,5,7-8H2,1-4H3. The van der Waals surface area contributed by atoms with Gasteiger partial charge < -0.3 is 14.5 Å². The van der Waals surface area contributed by atoms with Crippen molar-refractivity contribution in [1.82, 2.24) is 5.32 Å². The van der Waals surface area contributed by atoms with Crippen LogP contribution in [0.15, 0.2) is 10.5 Å². The van der Waals surface area contributed by atoms with Gasteiger partial charge in [-0.25, -0.2) is 4.79 Å². The summed E-state index contributed by atoms with van der Waals surface area (Å²) in [5.41, 5.74) is 0.507. The second kappa shape index (κ2) is 7.48. The quantitative estimate of drug-likeness (QED) is 0.773. The zero-order valence-electron chi connectivity index (χ0n) is 11.4. The van der Waals surface area contributed by atoms with Crippen LogP contribution in [-0.4, -0.2) is 31.1 Å². The van der Waals surface area contributed by atoms with Crippen LogP contribution in [0.2, 0.25) is 0 Å². The predicted octanol–water partition coefficient (Wildman–Crippen LogP) is 2.61. The monoisotopic (exact) mass is 271 g/mol. The summed E-state index contributed by atoms with van der Waals surface area (Å²) in [4.78, 5) is 11.4. The molecule has 1 aromatic heterocycles. The summed E-state index contributed by atoms with van der Waals surface area (Å²) >= 11 is 1.82. The zero-order valence-corrected chi connectivity index (χ0v) is 12.2. The summed E-state index contributed by atoms with van der Waals surface area (Å²) < 4.78 is 10.2. The first-order valence-electron chi connectivity index (χ1n) is 6.02. The highest BCUT2D eigenvalue weighted by molar-refractivity contribution is 7.98. The maximum Gasteiger partial charge on any atom is 0.341 e. The van der Waals surface area contributed by atoms with Crippen molar-refractivity contribution in [2.24, 2.45) is 0 Å². The minimum absolute atomic E-state index is 0.348. The Balaban J connectivity index is 2.60. The van der Waals surface area contributed by atoms with Crippen LogP contribution in [0.1, 0.15) is 35.2 Å². The van der Waals surface area contributed by atoms with Gasteiger partial charge in [0.15, 0.2) is 0 Å². The van der Waals surface area contributed by atoms with Gasteiger partial charge in [0.05, 0.1) is 13.7 Å². The molecule has 0 aromatic carbocycles. The average molecular weight is 271 g/mol. The Kier molecular flexibility index (Phi) is 6.29. The van der Waals surface area contributed by atoms with Crippen LogP contribution in [0, 0.1) is 6.92 Å². The van der Waals surface area contributed by atoms with Gasteiger partial charge in [-0.2, -0.15) is 11.8 Å². The normalized spacial score (nSPS) is 12.4. The van der Waals surface area contributed by atoms with Gasteiger partial charge >= 0.3 is 5.97 Å². The SMILES string of the molecule is CCC(CSC)NCc1cc(C(=O)OC)c(C)o1. The summed E-state index contributed by atoms with van der Waals surface area (Å²) in [6, 6.07) is 2.21. The topological polar surface area (TPSA) is 51.5 Å². The van der Waals surface area contributed by atoms with Crippen molar-refractivity contribution in [2.45, 2.75) is 32.9 Å². The minimum Gasteiger partial charge on any atom is -0.465 e. The fourth-order valence-corrected chi connectivity index (χ4v) is 2.47. The van der Waals surface area contributed by atoms with Crippen LogP contribution in [0.4, 0.5) is 0 Å². The molecule has 0 bridgehead atoms. The van der Waals surface area contributed by atoms with E-state index in [1.165, 1.54) is 7.11 Å². The minimum atomic E-state index is -0.348. The van der Waals surface area contributed by atoms with E-state index in [0.29, 0.717) is 23.9 Å². The Morgan fingerprint density at radius 1 is 1.61 bits per heavy atom. The van der Waals surface area contributed by atoms with Crippen LogP contribution in [0.25, 0.3) is 0 Å². The molecule has 102 valence electrons. The lowest BCUT2D eigenvalue weighted by atomic mass is 10.2. The van der Waals surface area contributed by atoms with E-state index in [0.717, 1.165) is 17.9 Å². The number of esters is 1. The van der Waals surface area contributed by atoms with E-state index in [9.17, 15) is 4.79 Å². The molecule has 0 amide bonds. The first-order valence-corrected chi connectivity index (χ1v) is 7.41. The number of ether oxygens (including phenoxy) is 1. The number of aryl methyl sites for hydroxylation is 1. The molecule has 1 atom stereocenters. The third-order valence-electron chi connectivity index (χ3n) is 2.80. The molecule has 0 saturated heterocycles. The Labute approximate surface area is 112 Å². The van der Waals surface area contributed by atoms with E-state index in [4.69, 9.17) is 9.15 Å². The Morgan fingerprint density at radius 2 is 2.33 bits per heavy atom. The fraction of sp³-hybridized carbons (Fsp3) is 0.615. The van der Waals surface area contributed by atoms with Gasteiger partial charge in [-0.15, -0.1) is 0 Å². The van der Waals surface area contributed by atoms with E-state index in [2.05, 4.69) is 18.5 Å². The van der Waals surface area contributed by atoms with E-state index in [-0.39, 0.29) is 5.97 Å². The predicted molar refractivity (Wildman–Crippen MR) is 74.1 cm³/mol. The van der Waals surface area contributed by atoms with Gasteiger partial charge in [0.25, 0.3) is 0 Å². The molecule has 1 heterocycles. The molecule has 0 saturated carbocycles. The van der Waals surface area contributed by atoms with Crippen molar-refractivity contribution in [3.63, 3.8) is 0 Å². The molecule has 0 aliphatic heterocycles. The molecular weight excluding hydrogens is 250 g/mol. The van der Waals surface area contributed by atoms with Crippen LogP contribution >= 0.6 is 11.8 Å². The molecule has 4 nitrogen and oxygen atoms in total. The van der Waals surface area contributed by atoms with Crippen LogP contribution in [0.3, 0.4) is 0 Å². The van der Waals surface area contributed by atoms with Crippen LogP contribution in [0.5, 0.6) is 0 Å². The number of hydrogen-bond acceptors (Lipinski definition) is 5. The Hall–Kier alpha value is -0.940. The van der Waals surface area contributed by atoms with Gasteiger partial charge in [0.2, 0.25) is 0 Å². The van der Waals surface area contributed by atoms with Gasteiger partial charge in [-0.05, 0) is 25.7 Å². The summed E-state index contributed by atoms with van der Waals surface area (Å²) in [7, 11) is 1.37. The molecule has 1 unspecified atom stereocenters. The molecule has 0 radical (unpaired) electrons. The third kappa shape index (κ3) is 4.07. The molecule has 1 N–H and O–H groups in total. The summed E-state index contributed by atoms with van der Waals surface area (Å²) in [6.45, 7) is 4.56. The number of thioether (sulfide) groups is 1. The zero-order chi connectivity index (χ0) is 13.5. The fourth-order valence-electron chi connectivity index (χ4n) is 1.71. The lowest BCUT2D eigenvalue weighted by Gasteiger charge is -2.14. The molecule has 1 aromatic rings. The Morgan fingerprint density at radius 3 is 2.89 bits per heavy atom. The van der Waals surface area contributed by atoms with E-state index < -0.39 is 0 Å². The molecule has 5 heteroatoms. The summed E-state index contributed by atoms with van der Waals surface area (Å²) in [5.74, 6) is 2.10. The van der Waals surface area contributed by atoms with Crippen LogP contribution in [-0.2, 0) is 11.3 Å². The molecule has 0 fully saturated rings. The average Bonchev–Trinajstić information content (AvgIpc) is 2.74. The third-order valence-corrected chi connectivity index (χ3v) is 3.54.